The lowest BCUT2D eigenvalue weighted by Gasteiger charge is -2.58. The number of likely N-dealkylation sites (tertiary alicyclic amines) is 1. The van der Waals surface area contributed by atoms with E-state index in [9.17, 15) is 9.18 Å². The van der Waals surface area contributed by atoms with Gasteiger partial charge < -0.3 is 9.64 Å². The predicted octanol–water partition coefficient (Wildman–Crippen LogP) is 5.14. The van der Waals surface area contributed by atoms with E-state index in [4.69, 9.17) is 4.74 Å². The van der Waals surface area contributed by atoms with Gasteiger partial charge in [0.15, 0.2) is 5.13 Å². The van der Waals surface area contributed by atoms with Crippen molar-refractivity contribution in [1.82, 2.24) is 14.8 Å². The number of fused-ring (bicyclic) bond motifs is 1. The summed E-state index contributed by atoms with van der Waals surface area (Å²) in [7, 11) is 0. The number of anilines is 1. The van der Waals surface area contributed by atoms with Crippen molar-refractivity contribution in [2.75, 3.05) is 31.1 Å². The van der Waals surface area contributed by atoms with E-state index in [-0.39, 0.29) is 30.1 Å². The monoisotopic (exact) mass is 494 g/mol. The van der Waals surface area contributed by atoms with E-state index in [1.165, 1.54) is 17.7 Å². The number of hydrogen-bond acceptors (Lipinski definition) is 6. The van der Waals surface area contributed by atoms with E-state index in [0.717, 1.165) is 42.3 Å². The van der Waals surface area contributed by atoms with Gasteiger partial charge in [-0.3, -0.25) is 9.80 Å². The highest BCUT2D eigenvalue weighted by Crippen LogP contribution is 2.50. The van der Waals surface area contributed by atoms with Gasteiger partial charge in [-0.05, 0) is 44.4 Å². The molecule has 3 fully saturated rings. The van der Waals surface area contributed by atoms with Gasteiger partial charge in [-0.25, -0.2) is 14.2 Å². The maximum atomic E-state index is 13.6. The maximum Gasteiger partial charge on any atom is 0.410 e. The average Bonchev–Trinajstić information content (AvgIpc) is 3.19. The number of nitrogens with zero attached hydrogens (tertiary/aromatic N) is 4. The van der Waals surface area contributed by atoms with Crippen LogP contribution in [0, 0.1) is 11.2 Å². The minimum absolute atomic E-state index is 0.00843. The number of amides is 1. The van der Waals surface area contributed by atoms with Crippen LogP contribution in [-0.2, 0) is 11.3 Å². The van der Waals surface area contributed by atoms with Crippen LogP contribution in [0.4, 0.5) is 14.3 Å². The second-order valence-electron chi connectivity index (χ2n) is 10.7. The summed E-state index contributed by atoms with van der Waals surface area (Å²) >= 11 is 1.57. The zero-order chi connectivity index (χ0) is 24.2. The van der Waals surface area contributed by atoms with E-state index < -0.39 is 0 Å². The molecule has 1 spiro atoms. The van der Waals surface area contributed by atoms with E-state index >= 15 is 0 Å². The molecule has 2 aromatic carbocycles. The van der Waals surface area contributed by atoms with Crippen LogP contribution >= 0.6 is 11.3 Å². The minimum Gasteiger partial charge on any atom is -0.446 e. The fourth-order valence-electron chi connectivity index (χ4n) is 6.17. The third-order valence-electron chi connectivity index (χ3n) is 7.69. The molecule has 6 rings (SSSR count). The van der Waals surface area contributed by atoms with Crippen molar-refractivity contribution in [2.24, 2.45) is 5.41 Å². The van der Waals surface area contributed by atoms with E-state index in [2.05, 4.69) is 59.0 Å². The quantitative estimate of drug-likeness (QED) is 0.503. The Morgan fingerprint density at radius 2 is 1.83 bits per heavy atom. The number of hydrogen-bond donors (Lipinski definition) is 0. The highest BCUT2D eigenvalue weighted by Gasteiger charge is 2.54. The minimum atomic E-state index is -0.271. The Labute approximate surface area is 209 Å². The summed E-state index contributed by atoms with van der Waals surface area (Å²) in [5.74, 6) is -0.271. The summed E-state index contributed by atoms with van der Waals surface area (Å²) in [5, 5.41) is 0.878. The molecule has 0 unspecified atom stereocenters. The Bertz CT molecular complexity index is 1210. The topological polar surface area (TPSA) is 48.9 Å². The number of aromatic nitrogens is 1. The number of ether oxygens (including phenoxy) is 1. The van der Waals surface area contributed by atoms with Gasteiger partial charge in [0.1, 0.15) is 11.9 Å². The summed E-state index contributed by atoms with van der Waals surface area (Å²) in [6.07, 6.45) is 1.76. The SMILES string of the molecule is C[C@@H]1CN(c2nc3cc(F)ccc3s2)C[C@H](C)N1C(=O)OC1CC2(C1)CN(Cc1ccccc1)C2. The average molecular weight is 495 g/mol. The summed E-state index contributed by atoms with van der Waals surface area (Å²) in [5.41, 5.74) is 2.37. The number of benzene rings is 2. The van der Waals surface area contributed by atoms with Crippen LogP contribution in [0.25, 0.3) is 10.2 Å². The standard InChI is InChI=1S/C27H31FN4O2S/c1-18-13-31(25-29-23-10-21(28)8-9-24(23)35-25)14-19(2)32(18)26(33)34-22-11-27(12-22)16-30(17-27)15-20-6-4-3-5-7-20/h3-10,18-19,22H,11-17H2,1-2H3/t18-,19+. The molecule has 3 heterocycles. The van der Waals surface area contributed by atoms with Crippen molar-refractivity contribution in [1.29, 1.82) is 0 Å². The molecule has 0 N–H and O–H groups in total. The van der Waals surface area contributed by atoms with Crippen LogP contribution in [-0.4, -0.2) is 65.2 Å². The lowest BCUT2D eigenvalue weighted by molar-refractivity contribution is -0.137. The third kappa shape index (κ3) is 4.38. The summed E-state index contributed by atoms with van der Waals surface area (Å²) in [6.45, 7) is 8.67. The van der Waals surface area contributed by atoms with E-state index in [0.29, 0.717) is 24.0 Å². The van der Waals surface area contributed by atoms with Crippen molar-refractivity contribution in [3.05, 3.63) is 59.9 Å². The number of thiazole rings is 1. The summed E-state index contributed by atoms with van der Waals surface area (Å²) in [4.78, 5) is 24.3. The van der Waals surface area contributed by atoms with E-state index in [1.54, 1.807) is 17.4 Å². The van der Waals surface area contributed by atoms with Gasteiger partial charge in [0.25, 0.3) is 0 Å². The molecule has 1 amide bonds. The molecule has 2 aliphatic heterocycles. The van der Waals surface area contributed by atoms with Crippen molar-refractivity contribution < 1.29 is 13.9 Å². The molecule has 8 heteroatoms. The van der Waals surface area contributed by atoms with Crippen molar-refractivity contribution >= 4 is 32.8 Å². The van der Waals surface area contributed by atoms with Crippen LogP contribution in [0.3, 0.4) is 0 Å². The Kier molecular flexibility index (Phi) is 5.68. The molecule has 3 aromatic rings. The first-order chi connectivity index (χ1) is 16.9. The van der Waals surface area contributed by atoms with Crippen LogP contribution in [0.2, 0.25) is 0 Å². The van der Waals surface area contributed by atoms with Gasteiger partial charge in [-0.2, -0.15) is 0 Å². The zero-order valence-corrected chi connectivity index (χ0v) is 21.0. The van der Waals surface area contributed by atoms with Crippen LogP contribution in [0.1, 0.15) is 32.3 Å². The molecule has 1 aromatic heterocycles. The molecule has 2 atom stereocenters. The molecule has 1 saturated carbocycles. The van der Waals surface area contributed by atoms with Gasteiger partial charge in [-0.15, -0.1) is 0 Å². The lowest BCUT2D eigenvalue weighted by Crippen LogP contribution is -2.64. The first-order valence-corrected chi connectivity index (χ1v) is 13.3. The summed E-state index contributed by atoms with van der Waals surface area (Å²) < 4.78 is 20.5. The molecule has 1 aliphatic carbocycles. The number of halogens is 1. The molecule has 2 saturated heterocycles. The Balaban J connectivity index is 1.00. The molecular formula is C27H31FN4O2S. The first kappa shape index (κ1) is 22.7. The number of carbonyl (C=O) groups excluding carboxylic acids is 1. The fraction of sp³-hybridized carbons (Fsp3) is 0.481. The molecule has 0 bridgehead atoms. The largest absolute Gasteiger partial charge is 0.446 e. The van der Waals surface area contributed by atoms with Gasteiger partial charge in [0, 0.05) is 44.2 Å². The second-order valence-corrected chi connectivity index (χ2v) is 11.7. The Morgan fingerprint density at radius 1 is 1.11 bits per heavy atom. The first-order valence-electron chi connectivity index (χ1n) is 12.4. The normalized spacial score (nSPS) is 24.4. The van der Waals surface area contributed by atoms with Crippen molar-refractivity contribution in [3.63, 3.8) is 0 Å². The van der Waals surface area contributed by atoms with Gasteiger partial charge >= 0.3 is 6.09 Å². The second kappa shape index (κ2) is 8.75. The van der Waals surface area contributed by atoms with Crippen molar-refractivity contribution in [2.45, 2.75) is 51.4 Å². The molecule has 35 heavy (non-hydrogen) atoms. The fourth-order valence-corrected chi connectivity index (χ4v) is 7.13. The molecule has 0 radical (unpaired) electrons. The highest BCUT2D eigenvalue weighted by atomic mass is 32.1. The molecular weight excluding hydrogens is 463 g/mol. The third-order valence-corrected chi connectivity index (χ3v) is 8.79. The highest BCUT2D eigenvalue weighted by molar-refractivity contribution is 7.22. The smallest absolute Gasteiger partial charge is 0.410 e. The maximum absolute atomic E-state index is 13.6. The number of piperazine rings is 1. The van der Waals surface area contributed by atoms with Gasteiger partial charge in [0.05, 0.1) is 22.3 Å². The van der Waals surface area contributed by atoms with Crippen molar-refractivity contribution in [3.8, 4) is 0 Å². The van der Waals surface area contributed by atoms with E-state index in [1.807, 2.05) is 4.90 Å². The Hall–Kier alpha value is -2.71. The summed E-state index contributed by atoms with van der Waals surface area (Å²) in [6, 6.07) is 15.3. The van der Waals surface area contributed by atoms with Crippen LogP contribution in [0.5, 0.6) is 0 Å². The number of rotatable bonds is 4. The van der Waals surface area contributed by atoms with Crippen LogP contribution < -0.4 is 4.90 Å². The molecule has 3 aliphatic rings. The molecule has 184 valence electrons. The van der Waals surface area contributed by atoms with Crippen LogP contribution in [0.15, 0.2) is 48.5 Å². The Morgan fingerprint density at radius 3 is 2.54 bits per heavy atom. The zero-order valence-electron chi connectivity index (χ0n) is 20.2. The predicted molar refractivity (Wildman–Crippen MR) is 136 cm³/mol. The lowest BCUT2D eigenvalue weighted by atomic mass is 9.61. The molecule has 6 nitrogen and oxygen atoms in total. The van der Waals surface area contributed by atoms with Gasteiger partial charge in [0.2, 0.25) is 0 Å². The number of carbonyl (C=O) groups is 1. The van der Waals surface area contributed by atoms with Gasteiger partial charge in [-0.1, -0.05) is 41.7 Å².